The highest BCUT2D eigenvalue weighted by molar-refractivity contribution is 5.96. The van der Waals surface area contributed by atoms with Gasteiger partial charge < -0.3 is 47.2 Å². The van der Waals surface area contributed by atoms with Crippen LogP contribution in [-0.4, -0.2) is 81.5 Å². The number of nitrogens with zero attached hydrogens (tertiary/aromatic N) is 5. The van der Waals surface area contributed by atoms with Crippen LogP contribution in [0.3, 0.4) is 0 Å². The maximum atomic E-state index is 11.8. The molecule has 1 aliphatic rings. The molecule has 0 saturated carbocycles. The number of aliphatic hydroxyl groups is 5. The van der Waals surface area contributed by atoms with Crippen LogP contribution >= 0.6 is 0 Å². The van der Waals surface area contributed by atoms with Crippen molar-refractivity contribution in [3.63, 3.8) is 0 Å². The number of nitrogens with two attached hydrogens (primary N) is 1. The first kappa shape index (κ1) is 21.8. The van der Waals surface area contributed by atoms with Crippen molar-refractivity contribution >= 4 is 34.3 Å². The fraction of sp³-hybridized carbons (Fsp3) is 0.353. The molecule has 1 unspecified atom stereocenters. The zero-order chi connectivity index (χ0) is 23.1. The summed E-state index contributed by atoms with van der Waals surface area (Å²) in [4.78, 5) is 16.0. The maximum Gasteiger partial charge on any atom is 0.357 e. The number of rotatable bonds is 7. The van der Waals surface area contributed by atoms with Crippen molar-refractivity contribution in [1.82, 2.24) is 30.3 Å². The number of hydrogen-bond donors (Lipinski definition) is 9. The molecule has 32 heavy (non-hydrogen) atoms. The molecule has 15 heteroatoms. The molecule has 3 heterocycles. The van der Waals surface area contributed by atoms with Crippen molar-refractivity contribution in [3.8, 4) is 0 Å². The predicted octanol–water partition coefficient (Wildman–Crippen LogP) is -2.94. The minimum absolute atomic E-state index is 0.0476. The predicted molar refractivity (Wildman–Crippen MR) is 108 cm³/mol. The third-order valence-corrected chi connectivity index (χ3v) is 4.89. The largest absolute Gasteiger partial charge is 0.364 e. The smallest absolute Gasteiger partial charge is 0.357 e. The van der Waals surface area contributed by atoms with Gasteiger partial charge in [0.1, 0.15) is 0 Å². The average Bonchev–Trinajstić information content (AvgIpc) is 3.36. The summed E-state index contributed by atoms with van der Waals surface area (Å²) in [6.07, 6.45) is 2.07. The Morgan fingerprint density at radius 1 is 1.22 bits per heavy atom. The number of anilines is 3. The molecule has 1 aromatic carbocycles. The second kappa shape index (κ2) is 7.90. The minimum Gasteiger partial charge on any atom is -0.364 e. The molecule has 0 spiro atoms. The van der Waals surface area contributed by atoms with Gasteiger partial charge in [0.25, 0.3) is 5.91 Å². The van der Waals surface area contributed by atoms with E-state index in [9.17, 15) is 30.3 Å². The Balaban J connectivity index is 1.64. The summed E-state index contributed by atoms with van der Waals surface area (Å²) in [6.45, 7) is 1.59. The molecule has 0 radical (unpaired) electrons. The second-order valence-electron chi connectivity index (χ2n) is 7.26. The van der Waals surface area contributed by atoms with E-state index in [0.717, 1.165) is 19.5 Å². The first-order chi connectivity index (χ1) is 15.1. The van der Waals surface area contributed by atoms with Gasteiger partial charge >= 0.3 is 11.9 Å². The van der Waals surface area contributed by atoms with Crippen LogP contribution < -0.4 is 21.7 Å². The summed E-state index contributed by atoms with van der Waals surface area (Å²) in [5.41, 5.74) is 5.64. The van der Waals surface area contributed by atoms with Gasteiger partial charge in [0.2, 0.25) is 5.95 Å². The Morgan fingerprint density at radius 2 is 2.00 bits per heavy atom. The fourth-order valence-corrected chi connectivity index (χ4v) is 3.24. The lowest BCUT2D eigenvalue weighted by atomic mass is 10.2. The summed E-state index contributed by atoms with van der Waals surface area (Å²) < 4.78 is 0.421. The third-order valence-electron chi connectivity index (χ3n) is 4.89. The topological polar surface area (TPSA) is 237 Å². The normalized spacial score (nSPS) is 17.0. The van der Waals surface area contributed by atoms with E-state index in [2.05, 4.69) is 36.2 Å². The number of fused-ring (bicyclic) bond motifs is 1. The molecule has 2 aromatic heterocycles. The zero-order valence-electron chi connectivity index (χ0n) is 16.5. The van der Waals surface area contributed by atoms with Crippen LogP contribution in [0.4, 0.5) is 17.5 Å². The van der Waals surface area contributed by atoms with Crippen LogP contribution in [0.1, 0.15) is 16.9 Å². The standard InChI is InChI=1S/C17H21N9O6/c18-13(27)12-14(23-15(25-24-12)22-10-3-4-19-7-10)21-9-1-2-11-8(5-9)6-20-26(11)16(28,29)17(30,31)32/h1-2,5-6,10,19,28-32H,3-4,7H2,(H2,18,27)(H2,21,22,23,25). The van der Waals surface area contributed by atoms with Gasteiger partial charge in [0, 0.05) is 23.7 Å². The van der Waals surface area contributed by atoms with E-state index in [-0.39, 0.29) is 29.0 Å². The summed E-state index contributed by atoms with van der Waals surface area (Å²) in [6, 6.07) is 4.44. The lowest BCUT2D eigenvalue weighted by molar-refractivity contribution is -0.482. The van der Waals surface area contributed by atoms with Crippen molar-refractivity contribution in [3.05, 3.63) is 30.1 Å². The van der Waals surface area contributed by atoms with Crippen LogP contribution in [0.2, 0.25) is 0 Å². The van der Waals surface area contributed by atoms with Gasteiger partial charge in [-0.2, -0.15) is 10.1 Å². The van der Waals surface area contributed by atoms with Crippen molar-refractivity contribution in [2.45, 2.75) is 24.3 Å². The second-order valence-corrected chi connectivity index (χ2v) is 7.26. The number of amides is 1. The minimum atomic E-state index is -3.87. The van der Waals surface area contributed by atoms with Crippen molar-refractivity contribution in [2.24, 2.45) is 5.73 Å². The Labute approximate surface area is 179 Å². The molecule has 1 fully saturated rings. The van der Waals surface area contributed by atoms with E-state index in [1.807, 2.05) is 0 Å². The molecule has 1 saturated heterocycles. The van der Waals surface area contributed by atoms with E-state index in [4.69, 9.17) is 5.73 Å². The van der Waals surface area contributed by atoms with Gasteiger partial charge in [-0.25, -0.2) is 4.68 Å². The molecule has 15 nitrogen and oxygen atoms in total. The molecule has 0 aliphatic carbocycles. The van der Waals surface area contributed by atoms with Gasteiger partial charge in [0.05, 0.1) is 11.7 Å². The van der Waals surface area contributed by atoms with Gasteiger partial charge in [-0.3, -0.25) is 4.79 Å². The molecule has 1 amide bonds. The molecule has 170 valence electrons. The Morgan fingerprint density at radius 3 is 2.66 bits per heavy atom. The van der Waals surface area contributed by atoms with E-state index in [0.29, 0.717) is 15.8 Å². The van der Waals surface area contributed by atoms with Gasteiger partial charge in [-0.1, -0.05) is 0 Å². The van der Waals surface area contributed by atoms with Crippen LogP contribution in [0.15, 0.2) is 24.4 Å². The summed E-state index contributed by atoms with van der Waals surface area (Å²) in [7, 11) is 0. The molecule has 3 aromatic rings. The highest BCUT2D eigenvalue weighted by atomic mass is 16.7. The Kier molecular flexibility index (Phi) is 5.37. The monoisotopic (exact) mass is 447 g/mol. The van der Waals surface area contributed by atoms with Crippen LogP contribution in [0.25, 0.3) is 10.9 Å². The van der Waals surface area contributed by atoms with Crippen molar-refractivity contribution in [2.75, 3.05) is 23.7 Å². The lowest BCUT2D eigenvalue weighted by Crippen LogP contribution is -2.56. The molecule has 10 N–H and O–H groups in total. The van der Waals surface area contributed by atoms with Gasteiger partial charge in [0.15, 0.2) is 11.5 Å². The average molecular weight is 447 g/mol. The highest BCUT2D eigenvalue weighted by Crippen LogP contribution is 2.28. The van der Waals surface area contributed by atoms with Crippen LogP contribution in [-0.2, 0) is 5.91 Å². The Bertz CT molecular complexity index is 1150. The van der Waals surface area contributed by atoms with Crippen LogP contribution in [0.5, 0.6) is 0 Å². The SMILES string of the molecule is NC(=O)c1nnc(NC2CCNC2)nc1Nc1ccc2c(cnn2C(O)(O)C(O)(O)O)c1. The number of carbonyl (C=O) groups is 1. The summed E-state index contributed by atoms with van der Waals surface area (Å²) in [5, 5.41) is 68.3. The van der Waals surface area contributed by atoms with Crippen molar-refractivity contribution < 1.29 is 30.3 Å². The number of primary amides is 1. The lowest BCUT2D eigenvalue weighted by Gasteiger charge is -2.30. The molecule has 4 rings (SSSR count). The van der Waals surface area contributed by atoms with Gasteiger partial charge in [-0.15, -0.1) is 10.2 Å². The Hall–Kier alpha value is -3.47. The van der Waals surface area contributed by atoms with E-state index >= 15 is 0 Å². The molecular weight excluding hydrogens is 426 g/mol. The molecular formula is C17H21N9O6. The number of aromatic nitrogens is 5. The van der Waals surface area contributed by atoms with Crippen molar-refractivity contribution in [1.29, 1.82) is 0 Å². The first-order valence-electron chi connectivity index (χ1n) is 9.45. The molecule has 1 atom stereocenters. The quantitative estimate of drug-likeness (QED) is 0.165. The number of hydrogen-bond acceptors (Lipinski definition) is 13. The molecule has 1 aliphatic heterocycles. The molecule has 0 bridgehead atoms. The number of nitrogens with one attached hydrogen (secondary N) is 3. The number of benzene rings is 1. The van der Waals surface area contributed by atoms with Gasteiger partial charge in [-0.05, 0) is 31.2 Å². The number of carbonyl (C=O) groups excluding carboxylic acids is 1. The summed E-state index contributed by atoms with van der Waals surface area (Å²) in [5.74, 6) is -7.98. The highest BCUT2D eigenvalue weighted by Gasteiger charge is 2.50. The van der Waals surface area contributed by atoms with Crippen LogP contribution in [0, 0.1) is 0 Å². The fourth-order valence-electron chi connectivity index (χ4n) is 3.24. The van der Waals surface area contributed by atoms with E-state index in [1.165, 1.54) is 24.4 Å². The first-order valence-corrected chi connectivity index (χ1v) is 9.45. The maximum absolute atomic E-state index is 11.8. The van der Waals surface area contributed by atoms with E-state index in [1.54, 1.807) is 0 Å². The zero-order valence-corrected chi connectivity index (χ0v) is 16.5. The summed E-state index contributed by atoms with van der Waals surface area (Å²) >= 11 is 0. The van der Waals surface area contributed by atoms with E-state index < -0.39 is 17.8 Å². The third kappa shape index (κ3) is 4.03.